The molecule has 52 valence electrons. The Kier molecular flexibility index (Phi) is 3.17. The van der Waals surface area contributed by atoms with E-state index in [0.29, 0.717) is 0 Å². The van der Waals surface area contributed by atoms with Gasteiger partial charge in [-0.1, -0.05) is 45.2 Å². The zero-order chi connectivity index (χ0) is 6.53. The van der Waals surface area contributed by atoms with Crippen molar-refractivity contribution in [3.8, 4) is 0 Å². The van der Waals surface area contributed by atoms with E-state index >= 15 is 0 Å². The summed E-state index contributed by atoms with van der Waals surface area (Å²) < 4.78 is 0. The molecular formula is C8H17B. The van der Waals surface area contributed by atoms with Gasteiger partial charge in [-0.2, -0.15) is 0 Å². The van der Waals surface area contributed by atoms with Crippen molar-refractivity contribution in [1.82, 2.24) is 0 Å². The maximum atomic E-state index is 2.30. The van der Waals surface area contributed by atoms with Crippen LogP contribution in [0.2, 0.25) is 13.1 Å². The van der Waals surface area contributed by atoms with Gasteiger partial charge in [0.2, 0.25) is 0 Å². The molecule has 0 nitrogen and oxygen atoms in total. The van der Waals surface area contributed by atoms with Gasteiger partial charge in [-0.25, -0.2) is 0 Å². The van der Waals surface area contributed by atoms with Crippen LogP contribution < -0.4 is 0 Å². The van der Waals surface area contributed by atoms with Crippen molar-refractivity contribution < 1.29 is 0 Å². The quantitative estimate of drug-likeness (QED) is 0.496. The van der Waals surface area contributed by atoms with Crippen LogP contribution in [0.5, 0.6) is 0 Å². The first kappa shape index (κ1) is 7.18. The zero-order valence-corrected chi connectivity index (χ0v) is 6.53. The minimum absolute atomic E-state index is 1.10. The van der Waals surface area contributed by atoms with E-state index in [1.165, 1.54) is 45.7 Å². The molecule has 0 N–H and O–H groups in total. The highest BCUT2D eigenvalue weighted by molar-refractivity contribution is 6.33. The van der Waals surface area contributed by atoms with Gasteiger partial charge in [0.1, 0.15) is 7.28 Å². The lowest BCUT2D eigenvalue weighted by Gasteiger charge is -2.20. The molecule has 0 aliphatic heterocycles. The third-order valence-electron chi connectivity index (χ3n) is 2.42. The highest BCUT2D eigenvalue weighted by atomic mass is 14.1. The number of hydrogen-bond acceptors (Lipinski definition) is 0. The Morgan fingerprint density at radius 1 is 1.22 bits per heavy atom. The maximum absolute atomic E-state index is 2.30. The first-order valence-corrected chi connectivity index (χ1v) is 4.43. The van der Waals surface area contributed by atoms with Crippen molar-refractivity contribution >= 4 is 7.28 Å². The predicted molar refractivity (Wildman–Crippen MR) is 44.4 cm³/mol. The summed E-state index contributed by atoms with van der Waals surface area (Å²) in [5, 5.41) is 0. The summed E-state index contributed by atoms with van der Waals surface area (Å²) in [5.74, 6) is 1.10. The van der Waals surface area contributed by atoms with Gasteiger partial charge >= 0.3 is 0 Å². The van der Waals surface area contributed by atoms with Gasteiger partial charge in [0.25, 0.3) is 0 Å². The van der Waals surface area contributed by atoms with Crippen LogP contribution >= 0.6 is 0 Å². The third kappa shape index (κ3) is 2.42. The summed E-state index contributed by atoms with van der Waals surface area (Å²) in [6, 6.07) is 0. The normalized spacial score (nSPS) is 21.9. The van der Waals surface area contributed by atoms with Crippen molar-refractivity contribution in [2.24, 2.45) is 5.92 Å². The van der Waals surface area contributed by atoms with Crippen LogP contribution in [0.15, 0.2) is 0 Å². The fraction of sp³-hybridized carbons (Fsp3) is 1.00. The summed E-state index contributed by atoms with van der Waals surface area (Å²) in [5.41, 5.74) is 0. The largest absolute Gasteiger partial charge is 0.117 e. The molecule has 0 saturated heterocycles. The molecule has 1 aliphatic rings. The fourth-order valence-corrected chi connectivity index (χ4v) is 1.88. The van der Waals surface area contributed by atoms with Crippen LogP contribution in [-0.2, 0) is 0 Å². The molecule has 0 aromatic heterocycles. The molecule has 0 radical (unpaired) electrons. The van der Waals surface area contributed by atoms with Gasteiger partial charge in [0.05, 0.1) is 0 Å². The molecule has 0 atom stereocenters. The zero-order valence-electron chi connectivity index (χ0n) is 6.53. The Morgan fingerprint density at radius 2 is 1.89 bits per heavy atom. The molecule has 0 heterocycles. The standard InChI is InChI=1S/C8H17B/c1-9-7-8-5-3-2-4-6-8/h8-9H,2-7H2,1H3. The summed E-state index contributed by atoms with van der Waals surface area (Å²) in [6.07, 6.45) is 9.04. The first-order valence-electron chi connectivity index (χ1n) is 4.43. The highest BCUT2D eigenvalue weighted by Crippen LogP contribution is 2.25. The molecule has 0 spiro atoms. The Balaban J connectivity index is 2.08. The Hall–Kier alpha value is 0.0649. The van der Waals surface area contributed by atoms with Crippen molar-refractivity contribution in [3.63, 3.8) is 0 Å². The van der Waals surface area contributed by atoms with Crippen molar-refractivity contribution in [2.75, 3.05) is 0 Å². The van der Waals surface area contributed by atoms with E-state index in [-0.39, 0.29) is 0 Å². The molecule has 0 bridgehead atoms. The molecule has 1 aliphatic carbocycles. The molecule has 0 unspecified atom stereocenters. The minimum atomic E-state index is 1.10. The first-order chi connectivity index (χ1) is 4.43. The maximum Gasteiger partial charge on any atom is 0.117 e. The van der Waals surface area contributed by atoms with E-state index < -0.39 is 0 Å². The molecular weight excluding hydrogens is 107 g/mol. The molecule has 1 fully saturated rings. The van der Waals surface area contributed by atoms with E-state index in [2.05, 4.69) is 6.82 Å². The van der Waals surface area contributed by atoms with E-state index in [1.54, 1.807) is 0 Å². The second kappa shape index (κ2) is 3.97. The molecule has 0 aromatic carbocycles. The van der Waals surface area contributed by atoms with Crippen molar-refractivity contribution in [3.05, 3.63) is 0 Å². The van der Waals surface area contributed by atoms with Crippen molar-refractivity contribution in [2.45, 2.75) is 45.2 Å². The van der Waals surface area contributed by atoms with Crippen LogP contribution in [0.1, 0.15) is 32.1 Å². The Morgan fingerprint density at radius 3 is 2.44 bits per heavy atom. The number of rotatable bonds is 2. The molecule has 0 amide bonds. The van der Waals surface area contributed by atoms with E-state index in [0.717, 1.165) is 5.92 Å². The molecule has 0 aromatic rings. The van der Waals surface area contributed by atoms with Gasteiger partial charge in [-0.3, -0.25) is 0 Å². The molecule has 9 heavy (non-hydrogen) atoms. The highest BCUT2D eigenvalue weighted by Gasteiger charge is 2.11. The minimum Gasteiger partial charge on any atom is -0.0893 e. The lowest BCUT2D eigenvalue weighted by Crippen LogP contribution is -2.06. The second-order valence-corrected chi connectivity index (χ2v) is 3.29. The monoisotopic (exact) mass is 124 g/mol. The lowest BCUT2D eigenvalue weighted by molar-refractivity contribution is 0.384. The summed E-state index contributed by atoms with van der Waals surface area (Å²) in [6.45, 7) is 2.30. The van der Waals surface area contributed by atoms with E-state index in [1.807, 2.05) is 0 Å². The fourth-order valence-electron chi connectivity index (χ4n) is 1.88. The third-order valence-corrected chi connectivity index (χ3v) is 2.42. The van der Waals surface area contributed by atoms with E-state index in [9.17, 15) is 0 Å². The van der Waals surface area contributed by atoms with Crippen molar-refractivity contribution in [1.29, 1.82) is 0 Å². The molecule has 1 rings (SSSR count). The van der Waals surface area contributed by atoms with Gasteiger partial charge in [0, 0.05) is 0 Å². The predicted octanol–water partition coefficient (Wildman–Crippen LogP) is 2.47. The van der Waals surface area contributed by atoms with Crippen LogP contribution in [0.4, 0.5) is 0 Å². The smallest absolute Gasteiger partial charge is 0.0893 e. The van der Waals surface area contributed by atoms with Crippen LogP contribution in [0.25, 0.3) is 0 Å². The lowest BCUT2D eigenvalue weighted by atomic mass is 9.68. The van der Waals surface area contributed by atoms with Gasteiger partial charge < -0.3 is 0 Å². The molecule has 1 saturated carbocycles. The van der Waals surface area contributed by atoms with Gasteiger partial charge in [0.15, 0.2) is 0 Å². The second-order valence-electron chi connectivity index (χ2n) is 3.29. The Labute approximate surface area is 59.3 Å². The number of hydrogen-bond donors (Lipinski definition) is 0. The summed E-state index contributed by atoms with van der Waals surface area (Å²) in [4.78, 5) is 0. The average molecular weight is 124 g/mol. The molecule has 1 heteroatoms. The van der Waals surface area contributed by atoms with E-state index in [4.69, 9.17) is 0 Å². The van der Waals surface area contributed by atoms with Crippen LogP contribution in [-0.4, -0.2) is 7.28 Å². The topological polar surface area (TPSA) is 0 Å². The summed E-state index contributed by atoms with van der Waals surface area (Å²) in [7, 11) is 1.39. The van der Waals surface area contributed by atoms with Crippen LogP contribution in [0.3, 0.4) is 0 Å². The summed E-state index contributed by atoms with van der Waals surface area (Å²) >= 11 is 0. The van der Waals surface area contributed by atoms with Gasteiger partial charge in [-0.15, -0.1) is 0 Å². The average Bonchev–Trinajstić information content (AvgIpc) is 1.91. The van der Waals surface area contributed by atoms with Gasteiger partial charge in [-0.05, 0) is 5.92 Å². The SMILES string of the molecule is CBCC1CCCCC1. The Bertz CT molecular complexity index is 62.2. The van der Waals surface area contributed by atoms with Crippen LogP contribution in [0, 0.1) is 5.92 Å².